The molecular formula is C28H39F2N3O3S. The second kappa shape index (κ2) is 13.5. The summed E-state index contributed by atoms with van der Waals surface area (Å²) in [7, 11) is -3.68. The van der Waals surface area contributed by atoms with E-state index in [1.165, 1.54) is 16.4 Å². The molecule has 2 aromatic rings. The molecule has 1 heterocycles. The van der Waals surface area contributed by atoms with Gasteiger partial charge in [0.05, 0.1) is 17.1 Å². The highest BCUT2D eigenvalue weighted by atomic mass is 32.2. The minimum Gasteiger partial charge on any atom is -0.382 e. The Morgan fingerprint density at radius 1 is 1.16 bits per heavy atom. The minimum atomic E-state index is -3.68. The average Bonchev–Trinajstić information content (AvgIpc) is 2.87. The third kappa shape index (κ3) is 7.83. The first kappa shape index (κ1) is 29.2. The van der Waals surface area contributed by atoms with E-state index in [1.54, 1.807) is 36.4 Å². The van der Waals surface area contributed by atoms with Crippen molar-refractivity contribution >= 4 is 15.7 Å². The summed E-state index contributed by atoms with van der Waals surface area (Å²) in [5.41, 5.74) is 7.45. The topological polar surface area (TPSA) is 84.7 Å². The first-order valence-corrected chi connectivity index (χ1v) is 14.3. The predicted octanol–water partition coefficient (Wildman–Crippen LogP) is 5.51. The van der Waals surface area contributed by atoms with E-state index in [0.717, 1.165) is 17.7 Å². The molecule has 1 aliphatic rings. The number of alkyl halides is 2. The normalized spacial score (nSPS) is 21.2. The molecule has 37 heavy (non-hydrogen) atoms. The summed E-state index contributed by atoms with van der Waals surface area (Å²) in [4.78, 5) is 0.268. The molecule has 3 rings (SSSR count). The van der Waals surface area contributed by atoms with Gasteiger partial charge < -0.3 is 15.8 Å². The van der Waals surface area contributed by atoms with E-state index in [9.17, 15) is 17.2 Å². The molecule has 0 amide bonds. The highest BCUT2D eigenvalue weighted by Crippen LogP contribution is 2.32. The van der Waals surface area contributed by atoms with E-state index in [-0.39, 0.29) is 41.2 Å². The first-order chi connectivity index (χ1) is 17.6. The zero-order chi connectivity index (χ0) is 27.0. The Morgan fingerprint density at radius 2 is 1.84 bits per heavy atom. The second-order valence-corrected chi connectivity index (χ2v) is 11.7. The van der Waals surface area contributed by atoms with Gasteiger partial charge in [0.1, 0.15) is 0 Å². The lowest BCUT2D eigenvalue weighted by Crippen LogP contribution is -2.47. The van der Waals surface area contributed by atoms with Crippen LogP contribution in [0.15, 0.2) is 66.1 Å². The van der Waals surface area contributed by atoms with E-state index in [0.29, 0.717) is 32.4 Å². The fourth-order valence-corrected chi connectivity index (χ4v) is 6.38. The Balaban J connectivity index is 1.68. The first-order valence-electron chi connectivity index (χ1n) is 12.8. The van der Waals surface area contributed by atoms with Gasteiger partial charge in [-0.25, -0.2) is 17.2 Å². The van der Waals surface area contributed by atoms with Gasteiger partial charge in [0.25, 0.3) is 6.43 Å². The molecule has 1 fully saturated rings. The lowest BCUT2D eigenvalue weighted by Gasteiger charge is -2.40. The summed E-state index contributed by atoms with van der Waals surface area (Å²) in [6.07, 6.45) is 1.76. The maximum atomic E-state index is 13.4. The summed E-state index contributed by atoms with van der Waals surface area (Å²) in [6, 6.07) is 13.1. The van der Waals surface area contributed by atoms with Gasteiger partial charge in [-0.2, -0.15) is 4.31 Å². The van der Waals surface area contributed by atoms with Crippen LogP contribution in [0.4, 0.5) is 14.5 Å². The number of ether oxygens (including phenoxy) is 1. The van der Waals surface area contributed by atoms with Crippen molar-refractivity contribution in [3.63, 3.8) is 0 Å². The van der Waals surface area contributed by atoms with Gasteiger partial charge in [-0.05, 0) is 70.3 Å². The monoisotopic (exact) mass is 535 g/mol. The van der Waals surface area contributed by atoms with Gasteiger partial charge >= 0.3 is 0 Å². The fraction of sp³-hybridized carbons (Fsp3) is 0.500. The minimum absolute atomic E-state index is 0.00971. The van der Waals surface area contributed by atoms with E-state index >= 15 is 0 Å². The van der Waals surface area contributed by atoms with E-state index in [4.69, 9.17) is 10.5 Å². The van der Waals surface area contributed by atoms with Gasteiger partial charge in [0, 0.05) is 36.3 Å². The summed E-state index contributed by atoms with van der Waals surface area (Å²) in [6.45, 7) is 8.81. The van der Waals surface area contributed by atoms with Crippen molar-refractivity contribution in [2.24, 2.45) is 11.7 Å². The molecule has 9 heteroatoms. The zero-order valence-corrected chi connectivity index (χ0v) is 22.5. The predicted molar refractivity (Wildman–Crippen MR) is 144 cm³/mol. The molecule has 6 nitrogen and oxygen atoms in total. The highest BCUT2D eigenvalue weighted by molar-refractivity contribution is 7.89. The van der Waals surface area contributed by atoms with E-state index < -0.39 is 16.4 Å². The summed E-state index contributed by atoms with van der Waals surface area (Å²) < 4.78 is 60.5. The second-order valence-electron chi connectivity index (χ2n) is 9.72. The summed E-state index contributed by atoms with van der Waals surface area (Å²) in [5.74, 6) is 0.148. The number of halogens is 2. The number of hydrogen-bond donors (Lipinski definition) is 2. The molecular weight excluding hydrogens is 496 g/mol. The Bertz CT molecular complexity index is 1090. The van der Waals surface area contributed by atoms with Gasteiger partial charge in [0.15, 0.2) is 0 Å². The number of nitrogens with one attached hydrogen (secondary N) is 1. The number of anilines is 1. The lowest BCUT2D eigenvalue weighted by molar-refractivity contribution is -0.0820. The molecule has 4 atom stereocenters. The average molecular weight is 536 g/mol. The highest BCUT2D eigenvalue weighted by Gasteiger charge is 2.36. The van der Waals surface area contributed by atoms with Gasteiger partial charge in [0.2, 0.25) is 10.0 Å². The molecule has 3 N–H and O–H groups in total. The van der Waals surface area contributed by atoms with Crippen molar-refractivity contribution in [1.82, 2.24) is 4.31 Å². The number of hydrogen-bond acceptors (Lipinski definition) is 5. The summed E-state index contributed by atoms with van der Waals surface area (Å²) in [5, 5.41) is 3.46. The molecule has 0 spiro atoms. The molecule has 1 saturated heterocycles. The number of aryl methyl sites for hydroxylation is 1. The van der Waals surface area contributed by atoms with Crippen LogP contribution in [-0.2, 0) is 14.8 Å². The van der Waals surface area contributed by atoms with Crippen molar-refractivity contribution in [3.05, 3.63) is 72.3 Å². The standard InChI is InChI=1S/C28H39F2N3O3S/c1-4-6-27(32-23-11-9-22(10-12-23)28(29)30)26-16-13-24(36-21(26)3)19-33(18-5-17-31)37(34,35)25-14-7-20(2)8-15-25/h4,7-12,14-15,21,24,26-28,32H,1,5-6,13,16-19,31H2,2-3H3/t21?,24?,26?,27-/m0/s1. The maximum absolute atomic E-state index is 13.4. The largest absolute Gasteiger partial charge is 0.382 e. The van der Waals surface area contributed by atoms with Crippen LogP contribution in [-0.4, -0.2) is 50.6 Å². The van der Waals surface area contributed by atoms with Crippen LogP contribution >= 0.6 is 0 Å². The smallest absolute Gasteiger partial charge is 0.263 e. The zero-order valence-electron chi connectivity index (χ0n) is 21.7. The Hall–Kier alpha value is -2.33. The number of rotatable bonds is 13. The van der Waals surface area contributed by atoms with Gasteiger partial charge in [-0.15, -0.1) is 6.58 Å². The third-order valence-electron chi connectivity index (χ3n) is 6.96. The summed E-state index contributed by atoms with van der Waals surface area (Å²) >= 11 is 0. The molecule has 0 bridgehead atoms. The van der Waals surface area contributed by atoms with Crippen LogP contribution in [0.2, 0.25) is 0 Å². The van der Waals surface area contributed by atoms with Crippen LogP contribution < -0.4 is 11.1 Å². The van der Waals surface area contributed by atoms with Crippen molar-refractivity contribution in [1.29, 1.82) is 0 Å². The quantitative estimate of drug-likeness (QED) is 0.330. The van der Waals surface area contributed by atoms with Crippen LogP contribution in [0.3, 0.4) is 0 Å². The molecule has 0 aliphatic carbocycles. The van der Waals surface area contributed by atoms with Crippen LogP contribution in [0, 0.1) is 12.8 Å². The molecule has 204 valence electrons. The van der Waals surface area contributed by atoms with E-state index in [2.05, 4.69) is 11.9 Å². The Labute approximate surface area is 219 Å². The van der Waals surface area contributed by atoms with Crippen molar-refractivity contribution in [2.75, 3.05) is 25.0 Å². The van der Waals surface area contributed by atoms with Gasteiger partial charge in [-0.1, -0.05) is 35.9 Å². The van der Waals surface area contributed by atoms with Crippen LogP contribution in [0.25, 0.3) is 0 Å². The Kier molecular flexibility index (Phi) is 10.6. The number of nitrogens with zero attached hydrogens (tertiary/aromatic N) is 1. The van der Waals surface area contributed by atoms with Crippen molar-refractivity contribution in [2.45, 2.75) is 69.1 Å². The maximum Gasteiger partial charge on any atom is 0.263 e. The molecule has 0 aromatic heterocycles. The molecule has 1 aliphatic heterocycles. The number of sulfonamides is 1. The van der Waals surface area contributed by atoms with Crippen molar-refractivity contribution < 1.29 is 21.9 Å². The fourth-order valence-electron chi connectivity index (χ4n) is 4.87. The van der Waals surface area contributed by atoms with Crippen LogP contribution in [0.5, 0.6) is 0 Å². The number of benzene rings is 2. The van der Waals surface area contributed by atoms with Crippen LogP contribution in [0.1, 0.15) is 50.2 Å². The van der Waals surface area contributed by atoms with Crippen molar-refractivity contribution in [3.8, 4) is 0 Å². The molecule has 0 radical (unpaired) electrons. The molecule has 3 unspecified atom stereocenters. The Morgan fingerprint density at radius 3 is 2.41 bits per heavy atom. The SMILES string of the molecule is C=CC[C@H](Nc1ccc(C(F)F)cc1)C1CCC(CN(CCCN)S(=O)(=O)c2ccc(C)cc2)OC1C. The van der Waals surface area contributed by atoms with E-state index in [1.807, 2.05) is 19.9 Å². The third-order valence-corrected chi connectivity index (χ3v) is 8.84. The molecule has 0 saturated carbocycles. The molecule has 2 aromatic carbocycles. The lowest BCUT2D eigenvalue weighted by atomic mass is 9.84. The van der Waals surface area contributed by atoms with Gasteiger partial charge in [-0.3, -0.25) is 0 Å². The number of nitrogens with two attached hydrogens (primary N) is 1.